The Labute approximate surface area is 105 Å². The van der Waals surface area contributed by atoms with E-state index in [-0.39, 0.29) is 19.1 Å². The molecule has 0 radical (unpaired) electrons. The lowest BCUT2D eigenvalue weighted by Gasteiger charge is -2.30. The van der Waals surface area contributed by atoms with Gasteiger partial charge in [0.25, 0.3) is 0 Å². The van der Waals surface area contributed by atoms with Crippen LogP contribution >= 0.6 is 0 Å². The van der Waals surface area contributed by atoms with Gasteiger partial charge in [-0.15, -0.1) is 4.91 Å². The van der Waals surface area contributed by atoms with Crippen LogP contribution in [0.5, 0.6) is 0 Å². The number of hydrogen-bond donors (Lipinski definition) is 1. The zero-order valence-corrected chi connectivity index (χ0v) is 10.4. The summed E-state index contributed by atoms with van der Waals surface area (Å²) in [5.74, 6) is -1.73. The maximum Gasteiger partial charge on any atom is 0.335 e. The molecule has 0 aromatic carbocycles. The van der Waals surface area contributed by atoms with Gasteiger partial charge in [-0.05, 0) is 32.9 Å². The van der Waals surface area contributed by atoms with Crippen LogP contribution in [0, 0.1) is 10.8 Å². The lowest BCUT2D eigenvalue weighted by molar-refractivity contribution is -0.146. The quantitative estimate of drug-likeness (QED) is 0.550. The zero-order valence-electron chi connectivity index (χ0n) is 10.4. The molecule has 0 amide bonds. The van der Waals surface area contributed by atoms with Crippen molar-refractivity contribution in [3.63, 3.8) is 0 Å². The molecule has 0 saturated carbocycles. The largest absolute Gasteiger partial charge is 0.481 e. The Balaban J connectivity index is 2.41. The zero-order chi connectivity index (χ0) is 13.5. The Morgan fingerprint density at radius 3 is 2.50 bits per heavy atom. The van der Waals surface area contributed by atoms with Crippen molar-refractivity contribution in [1.82, 2.24) is 4.90 Å². The SMILES string of the molecule is CCOC(=O)C(CN1CCC(C(=O)O)CC1)N=O. The predicted molar refractivity (Wildman–Crippen MR) is 63.0 cm³/mol. The molecule has 18 heavy (non-hydrogen) atoms. The molecule has 0 aliphatic carbocycles. The van der Waals surface area contributed by atoms with E-state index in [1.54, 1.807) is 6.92 Å². The van der Waals surface area contributed by atoms with Gasteiger partial charge in [-0.1, -0.05) is 5.18 Å². The van der Waals surface area contributed by atoms with Crippen LogP contribution in [0.4, 0.5) is 0 Å². The number of likely N-dealkylation sites (tertiary alicyclic amines) is 1. The van der Waals surface area contributed by atoms with Gasteiger partial charge in [-0.3, -0.25) is 4.79 Å². The molecule has 7 nitrogen and oxygen atoms in total. The molecule has 0 bridgehead atoms. The van der Waals surface area contributed by atoms with Crippen molar-refractivity contribution in [2.24, 2.45) is 11.1 Å². The van der Waals surface area contributed by atoms with Gasteiger partial charge in [0.15, 0.2) is 0 Å². The van der Waals surface area contributed by atoms with E-state index in [1.807, 2.05) is 4.90 Å². The number of nitroso groups, excluding NO2 is 1. The van der Waals surface area contributed by atoms with Gasteiger partial charge in [0.05, 0.1) is 12.5 Å². The van der Waals surface area contributed by atoms with Crippen LogP contribution in [-0.4, -0.2) is 54.2 Å². The second-order valence-electron chi connectivity index (χ2n) is 4.29. The van der Waals surface area contributed by atoms with Gasteiger partial charge in [0.2, 0.25) is 6.04 Å². The molecule has 1 saturated heterocycles. The average Bonchev–Trinajstić information content (AvgIpc) is 2.36. The Morgan fingerprint density at radius 1 is 1.44 bits per heavy atom. The van der Waals surface area contributed by atoms with Crippen molar-refractivity contribution in [2.45, 2.75) is 25.8 Å². The molecular formula is C11H18N2O5. The number of ether oxygens (including phenoxy) is 1. The number of carboxylic acid groups (broad SMARTS) is 1. The van der Waals surface area contributed by atoms with Crippen LogP contribution in [0.25, 0.3) is 0 Å². The molecule has 1 aliphatic heterocycles. The number of rotatable bonds is 6. The number of piperidine rings is 1. The summed E-state index contributed by atoms with van der Waals surface area (Å²) in [5, 5.41) is 11.6. The highest BCUT2D eigenvalue weighted by Gasteiger charge is 2.29. The van der Waals surface area contributed by atoms with E-state index in [2.05, 4.69) is 5.18 Å². The first kappa shape index (κ1) is 14.6. The number of esters is 1. The summed E-state index contributed by atoms with van der Waals surface area (Å²) in [5.41, 5.74) is 0. The summed E-state index contributed by atoms with van der Waals surface area (Å²) < 4.78 is 4.74. The third-order valence-electron chi connectivity index (χ3n) is 3.05. The standard InChI is InChI=1S/C11H18N2O5/c1-2-18-11(16)9(12-17)7-13-5-3-8(4-6-13)10(14)15/h8-9H,2-7H2,1H3,(H,14,15). The Kier molecular flexibility index (Phi) is 5.70. The van der Waals surface area contributed by atoms with Crippen LogP contribution in [0.3, 0.4) is 0 Å². The van der Waals surface area contributed by atoms with Crippen molar-refractivity contribution in [2.75, 3.05) is 26.2 Å². The summed E-state index contributed by atoms with van der Waals surface area (Å²) in [6.07, 6.45) is 1.06. The summed E-state index contributed by atoms with van der Waals surface area (Å²) in [4.78, 5) is 34.6. The first-order valence-electron chi connectivity index (χ1n) is 6.02. The highest BCUT2D eigenvalue weighted by Crippen LogP contribution is 2.17. The van der Waals surface area contributed by atoms with E-state index in [4.69, 9.17) is 9.84 Å². The molecule has 1 N–H and O–H groups in total. The van der Waals surface area contributed by atoms with Crippen molar-refractivity contribution in [1.29, 1.82) is 0 Å². The molecular weight excluding hydrogens is 240 g/mol. The highest BCUT2D eigenvalue weighted by atomic mass is 16.5. The minimum Gasteiger partial charge on any atom is -0.481 e. The van der Waals surface area contributed by atoms with Crippen molar-refractivity contribution in [3.05, 3.63) is 4.91 Å². The van der Waals surface area contributed by atoms with Crippen molar-refractivity contribution >= 4 is 11.9 Å². The third-order valence-corrected chi connectivity index (χ3v) is 3.05. The van der Waals surface area contributed by atoms with E-state index in [0.29, 0.717) is 25.9 Å². The number of carbonyl (C=O) groups excluding carboxylic acids is 1. The fourth-order valence-corrected chi connectivity index (χ4v) is 2.00. The minimum atomic E-state index is -1.02. The monoisotopic (exact) mass is 258 g/mol. The lowest BCUT2D eigenvalue weighted by atomic mass is 9.97. The normalized spacial score (nSPS) is 19.2. The number of carboxylic acids is 1. The molecule has 1 heterocycles. The van der Waals surface area contributed by atoms with Gasteiger partial charge in [0.1, 0.15) is 0 Å². The van der Waals surface area contributed by atoms with Gasteiger partial charge in [0, 0.05) is 6.54 Å². The van der Waals surface area contributed by atoms with Crippen molar-refractivity contribution in [3.8, 4) is 0 Å². The van der Waals surface area contributed by atoms with Crippen LogP contribution in [0.2, 0.25) is 0 Å². The van der Waals surface area contributed by atoms with E-state index >= 15 is 0 Å². The summed E-state index contributed by atoms with van der Waals surface area (Å²) in [6, 6.07) is -1.02. The Hall–Kier alpha value is -1.50. The van der Waals surface area contributed by atoms with Crippen LogP contribution < -0.4 is 0 Å². The molecule has 0 aromatic heterocycles. The summed E-state index contributed by atoms with van der Waals surface area (Å²) in [6.45, 7) is 3.20. The Morgan fingerprint density at radius 2 is 2.06 bits per heavy atom. The van der Waals surface area contributed by atoms with E-state index < -0.39 is 18.0 Å². The van der Waals surface area contributed by atoms with Crippen LogP contribution in [-0.2, 0) is 14.3 Å². The number of nitrogens with zero attached hydrogens (tertiary/aromatic N) is 2. The number of carbonyl (C=O) groups is 2. The number of hydrogen-bond acceptors (Lipinski definition) is 6. The third kappa shape index (κ3) is 4.06. The lowest BCUT2D eigenvalue weighted by Crippen LogP contribution is -2.42. The maximum atomic E-state index is 11.4. The first-order chi connectivity index (χ1) is 8.58. The molecule has 0 aromatic rings. The molecule has 1 unspecified atom stereocenters. The molecule has 1 aliphatic rings. The van der Waals surface area contributed by atoms with Gasteiger partial charge in [-0.2, -0.15) is 0 Å². The second-order valence-corrected chi connectivity index (χ2v) is 4.29. The highest BCUT2D eigenvalue weighted by molar-refractivity contribution is 5.76. The molecule has 7 heteroatoms. The summed E-state index contributed by atoms with van der Waals surface area (Å²) >= 11 is 0. The molecule has 1 atom stereocenters. The first-order valence-corrected chi connectivity index (χ1v) is 6.02. The maximum absolute atomic E-state index is 11.4. The van der Waals surface area contributed by atoms with Crippen molar-refractivity contribution < 1.29 is 19.4 Å². The fraction of sp³-hybridized carbons (Fsp3) is 0.818. The van der Waals surface area contributed by atoms with Crippen LogP contribution in [0.1, 0.15) is 19.8 Å². The predicted octanol–water partition coefficient (Wildman–Crippen LogP) is 0.481. The average molecular weight is 258 g/mol. The molecule has 1 rings (SSSR count). The van der Waals surface area contributed by atoms with Gasteiger partial charge >= 0.3 is 11.9 Å². The minimum absolute atomic E-state index is 0.203. The smallest absolute Gasteiger partial charge is 0.335 e. The van der Waals surface area contributed by atoms with E-state index in [9.17, 15) is 14.5 Å². The van der Waals surface area contributed by atoms with Crippen LogP contribution in [0.15, 0.2) is 5.18 Å². The van der Waals surface area contributed by atoms with Gasteiger partial charge in [-0.25, -0.2) is 4.79 Å². The Bertz CT molecular complexity index is 313. The number of aliphatic carboxylic acids is 1. The summed E-state index contributed by atoms with van der Waals surface area (Å²) in [7, 11) is 0. The van der Waals surface area contributed by atoms with Gasteiger partial charge < -0.3 is 14.7 Å². The fourth-order valence-electron chi connectivity index (χ4n) is 2.00. The molecule has 0 spiro atoms. The molecule has 1 fully saturated rings. The second kappa shape index (κ2) is 7.05. The van der Waals surface area contributed by atoms with E-state index in [1.165, 1.54) is 0 Å². The topological polar surface area (TPSA) is 96.3 Å². The van der Waals surface area contributed by atoms with E-state index in [0.717, 1.165) is 0 Å². The molecule has 102 valence electrons.